The van der Waals surface area contributed by atoms with Crippen LogP contribution in [-0.4, -0.2) is 71.7 Å². The molecule has 176 valence electrons. The van der Waals surface area contributed by atoms with Crippen LogP contribution < -0.4 is 21.5 Å². The molecule has 0 saturated carbocycles. The van der Waals surface area contributed by atoms with E-state index in [4.69, 9.17) is 5.73 Å². The standard InChI is InChI=1S/C23H29N5O5/c1-27(2)12-5-6-13(29)15-10(12)7-9-8-11-18(28(3)4)19(30)16(22(24)32)21(31)23(11,33)20-14(9)17(15)25-26-20/h5-6,9,11,17-18,25-26,29-30,33H,7-8H2,1-4H3,(H2,24,32)/t9-,11-,17?,18-,23-/m0/s1. The summed E-state index contributed by atoms with van der Waals surface area (Å²) in [6.07, 6.45) is 1.01. The lowest BCUT2D eigenvalue weighted by molar-refractivity contribution is -0.144. The Balaban J connectivity index is 1.74. The second-order valence-corrected chi connectivity index (χ2v) is 9.79. The zero-order chi connectivity index (χ0) is 24.0. The van der Waals surface area contributed by atoms with Crippen LogP contribution in [0.2, 0.25) is 0 Å². The third-order valence-corrected chi connectivity index (χ3v) is 7.66. The van der Waals surface area contributed by atoms with E-state index in [1.165, 1.54) is 0 Å². The van der Waals surface area contributed by atoms with Crippen LogP contribution in [0.25, 0.3) is 0 Å². The summed E-state index contributed by atoms with van der Waals surface area (Å²) in [5, 5.41) is 33.6. The fourth-order valence-corrected chi connectivity index (χ4v) is 6.37. The molecule has 0 fully saturated rings. The number of hydrazine groups is 1. The summed E-state index contributed by atoms with van der Waals surface area (Å²) >= 11 is 0. The van der Waals surface area contributed by atoms with Crippen LogP contribution in [0, 0.1) is 11.8 Å². The van der Waals surface area contributed by atoms with E-state index < -0.39 is 46.6 Å². The summed E-state index contributed by atoms with van der Waals surface area (Å²) in [6.45, 7) is 0. The number of aliphatic hydroxyl groups excluding tert-OH is 1. The lowest BCUT2D eigenvalue weighted by Crippen LogP contribution is -2.64. The molecule has 0 bridgehead atoms. The van der Waals surface area contributed by atoms with Gasteiger partial charge in [-0.05, 0) is 56.1 Å². The molecule has 0 spiro atoms. The Bertz CT molecular complexity index is 1160. The van der Waals surface area contributed by atoms with E-state index in [1.807, 2.05) is 25.1 Å². The van der Waals surface area contributed by atoms with Gasteiger partial charge in [-0.3, -0.25) is 14.5 Å². The number of nitrogens with one attached hydrogen (secondary N) is 2. The molecule has 1 aromatic rings. The monoisotopic (exact) mass is 455 g/mol. The van der Waals surface area contributed by atoms with Crippen molar-refractivity contribution in [1.82, 2.24) is 15.8 Å². The number of nitrogens with zero attached hydrogens (tertiary/aromatic N) is 2. The van der Waals surface area contributed by atoms with E-state index >= 15 is 0 Å². The van der Waals surface area contributed by atoms with Gasteiger partial charge >= 0.3 is 0 Å². The van der Waals surface area contributed by atoms with Crippen molar-refractivity contribution in [3.8, 4) is 5.75 Å². The first-order chi connectivity index (χ1) is 15.5. The number of amides is 1. The summed E-state index contributed by atoms with van der Waals surface area (Å²) in [5.74, 6) is -3.00. The van der Waals surface area contributed by atoms with Crippen LogP contribution in [0.15, 0.2) is 34.7 Å². The maximum absolute atomic E-state index is 13.5. The number of benzene rings is 1. The summed E-state index contributed by atoms with van der Waals surface area (Å²) in [6, 6.07) is 2.31. The first-order valence-corrected chi connectivity index (χ1v) is 10.9. The smallest absolute Gasteiger partial charge is 0.255 e. The summed E-state index contributed by atoms with van der Waals surface area (Å²) in [5.41, 5.74) is 12.8. The van der Waals surface area contributed by atoms with Crippen LogP contribution in [0.1, 0.15) is 23.6 Å². The fourth-order valence-electron chi connectivity index (χ4n) is 6.37. The number of carbonyl (C=O) groups is 2. The number of phenolic OH excluding ortho intramolecular Hbond substituents is 1. The largest absolute Gasteiger partial charge is 0.510 e. The molecule has 4 aliphatic rings. The van der Waals surface area contributed by atoms with Gasteiger partial charge in [0.1, 0.15) is 17.1 Å². The number of fused-ring (bicyclic) bond motifs is 4. The second kappa shape index (κ2) is 6.96. The second-order valence-electron chi connectivity index (χ2n) is 9.79. The Morgan fingerprint density at radius 2 is 1.91 bits per heavy atom. The number of rotatable bonds is 3. The quantitative estimate of drug-likeness (QED) is 0.334. The fraction of sp³-hybridized carbons (Fsp3) is 0.478. The number of primary amides is 1. The lowest BCUT2D eigenvalue weighted by Gasteiger charge is -2.51. The topological polar surface area (TPSA) is 151 Å². The Morgan fingerprint density at radius 3 is 2.52 bits per heavy atom. The number of hydrogen-bond donors (Lipinski definition) is 6. The third-order valence-electron chi connectivity index (χ3n) is 7.66. The van der Waals surface area contributed by atoms with Crippen molar-refractivity contribution in [1.29, 1.82) is 0 Å². The maximum atomic E-state index is 13.5. The van der Waals surface area contributed by atoms with Gasteiger partial charge in [-0.1, -0.05) is 0 Å². The van der Waals surface area contributed by atoms with Gasteiger partial charge in [0, 0.05) is 31.3 Å². The van der Waals surface area contributed by atoms with Gasteiger partial charge < -0.3 is 31.4 Å². The van der Waals surface area contributed by atoms with Crippen LogP contribution in [0.4, 0.5) is 5.69 Å². The number of carbonyl (C=O) groups excluding carboxylic acids is 2. The number of nitrogens with two attached hydrogens (primary N) is 1. The molecule has 1 aliphatic heterocycles. The highest BCUT2D eigenvalue weighted by Crippen LogP contribution is 2.57. The van der Waals surface area contributed by atoms with E-state index in [1.54, 1.807) is 25.1 Å². The Labute approximate surface area is 191 Å². The Hall–Kier alpha value is -3.08. The molecule has 5 atom stereocenters. The van der Waals surface area contributed by atoms with Crippen LogP contribution >= 0.6 is 0 Å². The number of aromatic hydroxyl groups is 1. The zero-order valence-electron chi connectivity index (χ0n) is 19.0. The predicted octanol–water partition coefficient (Wildman–Crippen LogP) is -0.405. The van der Waals surface area contributed by atoms with Crippen LogP contribution in [-0.2, 0) is 16.0 Å². The highest BCUT2D eigenvalue weighted by molar-refractivity contribution is 6.24. The van der Waals surface area contributed by atoms with Crippen molar-refractivity contribution < 1.29 is 24.9 Å². The third kappa shape index (κ3) is 2.65. The molecule has 33 heavy (non-hydrogen) atoms. The predicted molar refractivity (Wildman–Crippen MR) is 120 cm³/mol. The summed E-state index contributed by atoms with van der Waals surface area (Å²) < 4.78 is 0. The molecule has 10 heteroatoms. The number of hydrogen-bond acceptors (Lipinski definition) is 9. The molecule has 1 amide bonds. The van der Waals surface area contributed by atoms with E-state index in [0.29, 0.717) is 18.4 Å². The maximum Gasteiger partial charge on any atom is 0.255 e. The normalized spacial score (nSPS) is 32.4. The van der Waals surface area contributed by atoms with Gasteiger partial charge in [0.05, 0.1) is 17.8 Å². The zero-order valence-corrected chi connectivity index (χ0v) is 19.0. The van der Waals surface area contributed by atoms with Gasteiger partial charge in [0.15, 0.2) is 5.60 Å². The number of ketones is 1. The minimum atomic E-state index is -2.06. The lowest BCUT2D eigenvalue weighted by atomic mass is 9.58. The molecular formula is C23H29N5O5. The molecule has 1 aromatic carbocycles. The van der Waals surface area contributed by atoms with Crippen molar-refractivity contribution in [2.24, 2.45) is 17.6 Å². The first-order valence-electron chi connectivity index (χ1n) is 10.9. The first kappa shape index (κ1) is 21.7. The molecule has 0 saturated heterocycles. The number of likely N-dealkylation sites (N-methyl/N-ethyl adjacent to an activating group) is 1. The van der Waals surface area contributed by atoms with E-state index in [0.717, 1.165) is 16.8 Å². The van der Waals surface area contributed by atoms with Crippen molar-refractivity contribution in [3.63, 3.8) is 0 Å². The number of anilines is 1. The van der Waals surface area contributed by atoms with E-state index in [-0.39, 0.29) is 17.4 Å². The van der Waals surface area contributed by atoms with Crippen molar-refractivity contribution >= 4 is 17.4 Å². The van der Waals surface area contributed by atoms with Gasteiger partial charge in [0.2, 0.25) is 5.78 Å². The molecule has 7 N–H and O–H groups in total. The van der Waals surface area contributed by atoms with E-state index in [2.05, 4.69) is 10.9 Å². The van der Waals surface area contributed by atoms with Gasteiger partial charge in [-0.15, -0.1) is 0 Å². The van der Waals surface area contributed by atoms with Crippen LogP contribution in [0.5, 0.6) is 5.75 Å². The molecule has 0 aromatic heterocycles. The highest BCUT2D eigenvalue weighted by Gasteiger charge is 2.64. The molecule has 10 nitrogen and oxygen atoms in total. The van der Waals surface area contributed by atoms with E-state index in [9.17, 15) is 24.9 Å². The minimum absolute atomic E-state index is 0.0519. The summed E-state index contributed by atoms with van der Waals surface area (Å²) in [7, 11) is 7.33. The Kier molecular flexibility index (Phi) is 4.59. The van der Waals surface area contributed by atoms with Gasteiger partial charge in [0.25, 0.3) is 5.91 Å². The van der Waals surface area contributed by atoms with Crippen molar-refractivity contribution in [3.05, 3.63) is 45.9 Å². The van der Waals surface area contributed by atoms with Gasteiger partial charge in [-0.25, -0.2) is 5.43 Å². The number of phenols is 1. The Morgan fingerprint density at radius 1 is 1.21 bits per heavy atom. The van der Waals surface area contributed by atoms with Crippen LogP contribution in [0.3, 0.4) is 0 Å². The molecule has 5 rings (SSSR count). The average molecular weight is 456 g/mol. The van der Waals surface area contributed by atoms with Gasteiger partial charge in [-0.2, -0.15) is 0 Å². The average Bonchev–Trinajstić information content (AvgIpc) is 3.17. The molecule has 1 heterocycles. The van der Waals surface area contributed by atoms with Crippen molar-refractivity contribution in [2.75, 3.05) is 33.1 Å². The molecule has 3 aliphatic carbocycles. The molecule has 0 radical (unpaired) electrons. The number of Topliss-reactive ketones (excluding diaryl/α,β-unsaturated/α-hetero) is 1. The summed E-state index contributed by atoms with van der Waals surface area (Å²) in [4.78, 5) is 29.3. The van der Waals surface area contributed by atoms with Crippen molar-refractivity contribution in [2.45, 2.75) is 30.5 Å². The SMILES string of the molecule is CN(C)c1ccc(O)c2c1C[C@H]1C[C@H]3[C@H](N(C)C)C(O)=C(C(N)=O)C(=O)[C@@]3(O)C3=C1C2NN3. The minimum Gasteiger partial charge on any atom is -0.510 e. The molecule has 1 unspecified atom stereocenters. The molecular weight excluding hydrogens is 426 g/mol. The highest BCUT2D eigenvalue weighted by atomic mass is 16.3. The number of aliphatic hydroxyl groups is 2.